The van der Waals surface area contributed by atoms with Crippen molar-refractivity contribution >= 4 is 17.3 Å². The van der Waals surface area contributed by atoms with Gasteiger partial charge in [0.15, 0.2) is 0 Å². The zero-order valence-electron chi connectivity index (χ0n) is 15.2. The summed E-state index contributed by atoms with van der Waals surface area (Å²) in [4.78, 5) is 28.3. The molecule has 3 fully saturated rings. The van der Waals surface area contributed by atoms with E-state index in [0.29, 0.717) is 11.5 Å². The Morgan fingerprint density at radius 3 is 2.46 bits per heavy atom. The maximum atomic E-state index is 13.3. The van der Waals surface area contributed by atoms with Crippen LogP contribution in [0.2, 0.25) is 0 Å². The summed E-state index contributed by atoms with van der Waals surface area (Å²) in [6, 6.07) is 4.78. The third-order valence-corrected chi connectivity index (χ3v) is 6.45. The van der Waals surface area contributed by atoms with Crippen LogP contribution in [0.25, 0.3) is 0 Å². The van der Waals surface area contributed by atoms with E-state index in [4.69, 9.17) is 0 Å². The van der Waals surface area contributed by atoms with E-state index >= 15 is 0 Å². The van der Waals surface area contributed by atoms with Gasteiger partial charge in [0.1, 0.15) is 0 Å². The summed E-state index contributed by atoms with van der Waals surface area (Å²) in [7, 11) is 0. The minimum atomic E-state index is -0.405. The molecule has 4 rings (SSSR count). The van der Waals surface area contributed by atoms with E-state index in [1.807, 2.05) is 4.90 Å². The Bertz CT molecular complexity index is 700. The monoisotopic (exact) mass is 357 g/mol. The van der Waals surface area contributed by atoms with Gasteiger partial charge in [-0.1, -0.05) is 19.3 Å². The number of non-ortho nitro benzene ring substituents is 1. The Kier molecular flexibility index (Phi) is 4.83. The lowest BCUT2D eigenvalue weighted by Crippen LogP contribution is -2.45. The van der Waals surface area contributed by atoms with Gasteiger partial charge in [-0.25, -0.2) is 0 Å². The van der Waals surface area contributed by atoms with Crippen LogP contribution in [0.3, 0.4) is 0 Å². The van der Waals surface area contributed by atoms with Crippen LogP contribution in [0.4, 0.5) is 11.4 Å². The average molecular weight is 357 g/mol. The van der Waals surface area contributed by atoms with Crippen molar-refractivity contribution in [3.8, 4) is 0 Å². The van der Waals surface area contributed by atoms with Gasteiger partial charge in [0.25, 0.3) is 11.6 Å². The molecule has 3 aliphatic rings. The minimum absolute atomic E-state index is 0.00356. The first-order valence-corrected chi connectivity index (χ1v) is 9.96. The molecule has 1 saturated carbocycles. The van der Waals surface area contributed by atoms with Crippen LogP contribution in [-0.2, 0) is 0 Å². The number of rotatable bonds is 3. The number of piperidine rings is 1. The Balaban J connectivity index is 1.61. The second kappa shape index (κ2) is 7.25. The Labute approximate surface area is 154 Å². The molecule has 1 amide bonds. The summed E-state index contributed by atoms with van der Waals surface area (Å²) in [6.45, 7) is 3.43. The van der Waals surface area contributed by atoms with Gasteiger partial charge in [-0.3, -0.25) is 14.9 Å². The predicted octanol–water partition coefficient (Wildman–Crippen LogP) is 3.85. The van der Waals surface area contributed by atoms with Gasteiger partial charge in [0.05, 0.1) is 16.2 Å². The molecule has 2 heterocycles. The highest BCUT2D eigenvalue weighted by molar-refractivity contribution is 6.00. The van der Waals surface area contributed by atoms with Gasteiger partial charge in [0.2, 0.25) is 0 Å². The maximum Gasteiger partial charge on any atom is 0.270 e. The van der Waals surface area contributed by atoms with Crippen LogP contribution in [0.5, 0.6) is 0 Å². The van der Waals surface area contributed by atoms with Crippen LogP contribution >= 0.6 is 0 Å². The summed E-state index contributed by atoms with van der Waals surface area (Å²) < 4.78 is 0. The number of fused-ring (bicyclic) bond motifs is 1. The first kappa shape index (κ1) is 17.3. The van der Waals surface area contributed by atoms with Crippen molar-refractivity contribution in [2.24, 2.45) is 11.8 Å². The summed E-state index contributed by atoms with van der Waals surface area (Å²) in [6.07, 6.45) is 8.38. The molecule has 6 nitrogen and oxygen atoms in total. The van der Waals surface area contributed by atoms with Gasteiger partial charge in [-0.05, 0) is 43.6 Å². The highest BCUT2D eigenvalue weighted by atomic mass is 16.6. The van der Waals surface area contributed by atoms with Gasteiger partial charge in [-0.15, -0.1) is 0 Å². The van der Waals surface area contributed by atoms with Crippen molar-refractivity contribution in [2.75, 3.05) is 31.1 Å². The van der Waals surface area contributed by atoms with Crippen LogP contribution in [-0.4, -0.2) is 41.9 Å². The molecule has 6 heteroatoms. The fourth-order valence-corrected chi connectivity index (χ4v) is 5.00. The van der Waals surface area contributed by atoms with Crippen molar-refractivity contribution in [1.29, 1.82) is 0 Å². The molecule has 2 atom stereocenters. The molecule has 2 saturated heterocycles. The number of nitrogens with zero attached hydrogens (tertiary/aromatic N) is 3. The highest BCUT2D eigenvalue weighted by Crippen LogP contribution is 2.37. The van der Waals surface area contributed by atoms with E-state index in [2.05, 4.69) is 4.90 Å². The molecule has 0 bridgehead atoms. The number of benzene rings is 1. The molecular formula is C20H27N3O3. The fraction of sp³-hybridized carbons (Fsp3) is 0.650. The molecule has 26 heavy (non-hydrogen) atoms. The number of hydrogen-bond acceptors (Lipinski definition) is 4. The number of nitro benzene ring substituents is 1. The smallest absolute Gasteiger partial charge is 0.270 e. The standard InChI is InChI=1S/C20H27N3O3/c24-20(22-12-9-15-5-1-2-6-16(15)14-22)18-13-17(23(25)26)7-8-19(18)21-10-3-4-11-21/h7-8,13,15-16H,1-6,9-12,14H2/t15-,16+/m0/s1. The predicted molar refractivity (Wildman–Crippen MR) is 101 cm³/mol. The van der Waals surface area contributed by atoms with E-state index in [1.165, 1.54) is 37.8 Å². The van der Waals surface area contributed by atoms with Gasteiger partial charge in [-0.2, -0.15) is 0 Å². The van der Waals surface area contributed by atoms with E-state index < -0.39 is 4.92 Å². The molecule has 140 valence electrons. The normalized spacial score (nSPS) is 25.8. The van der Waals surface area contributed by atoms with Crippen molar-refractivity contribution in [3.63, 3.8) is 0 Å². The first-order valence-electron chi connectivity index (χ1n) is 9.96. The molecule has 0 radical (unpaired) electrons. The molecule has 1 aromatic rings. The van der Waals surface area contributed by atoms with Crippen molar-refractivity contribution < 1.29 is 9.72 Å². The summed E-state index contributed by atoms with van der Waals surface area (Å²) in [5.74, 6) is 1.34. The molecule has 0 spiro atoms. The fourth-order valence-electron chi connectivity index (χ4n) is 5.00. The molecular weight excluding hydrogens is 330 g/mol. The number of nitro groups is 1. The lowest BCUT2D eigenvalue weighted by Gasteiger charge is -2.41. The van der Waals surface area contributed by atoms with Crippen LogP contribution < -0.4 is 4.90 Å². The van der Waals surface area contributed by atoms with E-state index in [-0.39, 0.29) is 11.6 Å². The summed E-state index contributed by atoms with van der Waals surface area (Å²) in [5.41, 5.74) is 1.38. The molecule has 2 aliphatic heterocycles. The van der Waals surface area contributed by atoms with Gasteiger partial charge >= 0.3 is 0 Å². The zero-order valence-corrected chi connectivity index (χ0v) is 15.2. The lowest BCUT2D eigenvalue weighted by atomic mass is 9.75. The highest BCUT2D eigenvalue weighted by Gasteiger charge is 2.34. The first-order chi connectivity index (χ1) is 12.6. The van der Waals surface area contributed by atoms with Gasteiger partial charge in [0, 0.05) is 38.3 Å². The number of carbonyl (C=O) groups excluding carboxylic acids is 1. The number of amides is 1. The largest absolute Gasteiger partial charge is 0.371 e. The van der Waals surface area contributed by atoms with Crippen LogP contribution in [0, 0.1) is 22.0 Å². The van der Waals surface area contributed by atoms with Gasteiger partial charge < -0.3 is 9.80 Å². The Hall–Kier alpha value is -2.11. The third-order valence-electron chi connectivity index (χ3n) is 6.45. The lowest BCUT2D eigenvalue weighted by molar-refractivity contribution is -0.384. The molecule has 1 aliphatic carbocycles. The topological polar surface area (TPSA) is 66.7 Å². The summed E-state index contributed by atoms with van der Waals surface area (Å²) >= 11 is 0. The second-order valence-corrected chi connectivity index (χ2v) is 8.00. The van der Waals surface area contributed by atoms with E-state index in [0.717, 1.165) is 57.0 Å². The van der Waals surface area contributed by atoms with Crippen molar-refractivity contribution in [3.05, 3.63) is 33.9 Å². The quantitative estimate of drug-likeness (QED) is 0.609. The SMILES string of the molecule is O=C(c1cc([N+](=O)[O-])ccc1N1CCCC1)N1CC[C@@H]2CCCC[C@@H]2C1. The Morgan fingerprint density at radius 1 is 1.00 bits per heavy atom. The number of anilines is 1. The zero-order chi connectivity index (χ0) is 18.1. The minimum Gasteiger partial charge on any atom is -0.371 e. The average Bonchev–Trinajstić information content (AvgIpc) is 3.21. The maximum absolute atomic E-state index is 13.3. The summed E-state index contributed by atoms with van der Waals surface area (Å²) in [5, 5.41) is 11.2. The number of likely N-dealkylation sites (tertiary alicyclic amines) is 1. The van der Waals surface area contributed by atoms with Crippen LogP contribution in [0.1, 0.15) is 55.3 Å². The third kappa shape index (κ3) is 3.29. The number of carbonyl (C=O) groups is 1. The van der Waals surface area contributed by atoms with E-state index in [9.17, 15) is 14.9 Å². The molecule has 0 unspecified atom stereocenters. The molecule has 1 aromatic carbocycles. The van der Waals surface area contributed by atoms with Crippen molar-refractivity contribution in [2.45, 2.75) is 44.9 Å². The van der Waals surface area contributed by atoms with Crippen LogP contribution in [0.15, 0.2) is 18.2 Å². The van der Waals surface area contributed by atoms with E-state index in [1.54, 1.807) is 6.07 Å². The number of hydrogen-bond donors (Lipinski definition) is 0. The molecule has 0 aromatic heterocycles. The second-order valence-electron chi connectivity index (χ2n) is 8.00. The Morgan fingerprint density at radius 2 is 1.73 bits per heavy atom. The van der Waals surface area contributed by atoms with Crippen molar-refractivity contribution in [1.82, 2.24) is 4.90 Å². The molecule has 0 N–H and O–H groups in total.